The van der Waals surface area contributed by atoms with E-state index in [1.54, 1.807) is 0 Å². The van der Waals surface area contributed by atoms with Crippen LogP contribution in [0.5, 0.6) is 0 Å². The van der Waals surface area contributed by atoms with Crippen molar-refractivity contribution in [1.29, 1.82) is 0 Å². The van der Waals surface area contributed by atoms with Crippen molar-refractivity contribution >= 4 is 31.0 Å². The molecule has 1 unspecified atom stereocenters. The summed E-state index contributed by atoms with van der Waals surface area (Å²) in [5.41, 5.74) is 0. The van der Waals surface area contributed by atoms with Crippen LogP contribution in [0.15, 0.2) is 23.1 Å². The molecule has 0 heterocycles. The third-order valence-corrected chi connectivity index (χ3v) is 6.07. The molecule has 0 amide bonds. The maximum absolute atomic E-state index is 12.0. The van der Waals surface area contributed by atoms with Crippen LogP contribution in [0.4, 0.5) is 0 Å². The van der Waals surface area contributed by atoms with Gasteiger partial charge in [0.1, 0.15) is 10.8 Å². The summed E-state index contributed by atoms with van der Waals surface area (Å²) < 4.78 is 46.3. The van der Waals surface area contributed by atoms with Crippen molar-refractivity contribution in [2.75, 3.05) is 0 Å². The average molecular weight is 290 g/mol. The Balaban J connectivity index is 2.60. The number of hydrogen-bond donors (Lipinski definition) is 1. The predicted octanol–water partition coefficient (Wildman–Crippen LogP) is -0.230. The summed E-state index contributed by atoms with van der Waals surface area (Å²) in [6.45, 7) is 0. The Labute approximate surface area is 105 Å². The molecule has 0 aromatic rings. The van der Waals surface area contributed by atoms with E-state index < -0.39 is 42.1 Å². The highest BCUT2D eigenvalue weighted by Crippen LogP contribution is 2.35. The molecule has 0 aromatic carbocycles. The standard InChI is InChI=1S/C10H10O6S2/c11-10(12)7-2-1-3-8(9(7)17(13)14)18(15,16)6-4-5-6/h1-3,6-7H,4-5H2,(H,11,12). The molecule has 18 heavy (non-hydrogen) atoms. The molecule has 2 aliphatic carbocycles. The van der Waals surface area contributed by atoms with Crippen LogP contribution in [-0.4, -0.2) is 38.0 Å². The number of sulfone groups is 1. The highest BCUT2D eigenvalue weighted by Gasteiger charge is 2.43. The Morgan fingerprint density at radius 2 is 1.94 bits per heavy atom. The quantitative estimate of drug-likeness (QED) is 0.720. The van der Waals surface area contributed by atoms with E-state index >= 15 is 0 Å². The smallest absolute Gasteiger partial charge is 0.315 e. The zero-order valence-corrected chi connectivity index (χ0v) is 10.7. The Morgan fingerprint density at radius 1 is 1.33 bits per heavy atom. The van der Waals surface area contributed by atoms with Gasteiger partial charge in [0.25, 0.3) is 0 Å². The Morgan fingerprint density at radius 3 is 2.39 bits per heavy atom. The van der Waals surface area contributed by atoms with E-state index in [1.165, 1.54) is 6.08 Å². The third-order valence-electron chi connectivity index (χ3n) is 2.79. The summed E-state index contributed by atoms with van der Waals surface area (Å²) in [7, 11) is -6.61. The highest BCUT2D eigenvalue weighted by atomic mass is 32.2. The first-order chi connectivity index (χ1) is 8.35. The molecule has 8 heteroatoms. The van der Waals surface area contributed by atoms with E-state index in [2.05, 4.69) is 0 Å². The summed E-state index contributed by atoms with van der Waals surface area (Å²) >= 11 is 0. The fraction of sp³-hybridized carbons (Fsp3) is 0.400. The largest absolute Gasteiger partial charge is 0.481 e. The van der Waals surface area contributed by atoms with Gasteiger partial charge in [0.05, 0.1) is 10.2 Å². The van der Waals surface area contributed by atoms with Crippen LogP contribution >= 0.6 is 0 Å². The molecular formula is C10H10O6S2. The van der Waals surface area contributed by atoms with Gasteiger partial charge < -0.3 is 5.11 Å². The molecule has 0 bridgehead atoms. The topological polar surface area (TPSA) is 106 Å². The van der Waals surface area contributed by atoms with Gasteiger partial charge in [-0.05, 0) is 18.9 Å². The molecule has 1 N–H and O–H groups in total. The molecule has 2 aliphatic rings. The lowest BCUT2D eigenvalue weighted by Gasteiger charge is -2.15. The van der Waals surface area contributed by atoms with Gasteiger partial charge in [0.2, 0.25) is 10.3 Å². The molecule has 6 nitrogen and oxygen atoms in total. The maximum atomic E-state index is 12.0. The molecule has 98 valence electrons. The molecule has 1 atom stereocenters. The second-order valence-corrected chi connectivity index (χ2v) is 7.18. The first-order valence-electron chi connectivity index (χ1n) is 5.17. The molecule has 1 saturated carbocycles. The summed E-state index contributed by atoms with van der Waals surface area (Å²) in [6, 6.07) is 0. The summed E-state index contributed by atoms with van der Waals surface area (Å²) in [4.78, 5) is 10.0. The summed E-state index contributed by atoms with van der Waals surface area (Å²) in [6.07, 6.45) is 4.54. The Kier molecular flexibility index (Phi) is 3.16. The van der Waals surface area contributed by atoms with E-state index in [1.807, 2.05) is 0 Å². The zero-order chi connectivity index (χ0) is 13.5. The minimum Gasteiger partial charge on any atom is -0.481 e. The minimum absolute atomic E-state index is 0.381. The monoisotopic (exact) mass is 290 g/mol. The molecule has 0 aromatic heterocycles. The van der Waals surface area contributed by atoms with Crippen molar-refractivity contribution in [3.05, 3.63) is 23.1 Å². The van der Waals surface area contributed by atoms with Crippen molar-refractivity contribution in [2.24, 2.45) is 5.92 Å². The second kappa shape index (κ2) is 4.36. The normalized spacial score (nSPS) is 23.7. The van der Waals surface area contributed by atoms with Gasteiger partial charge in [0, 0.05) is 0 Å². The van der Waals surface area contributed by atoms with Crippen LogP contribution in [0.3, 0.4) is 0 Å². The molecule has 1 fully saturated rings. The maximum Gasteiger partial charge on any atom is 0.315 e. The number of carboxylic acid groups (broad SMARTS) is 1. The number of allylic oxidation sites excluding steroid dienone is 3. The van der Waals surface area contributed by atoms with E-state index in [9.17, 15) is 21.6 Å². The van der Waals surface area contributed by atoms with Gasteiger partial charge >= 0.3 is 5.97 Å². The molecular weight excluding hydrogens is 280 g/mol. The van der Waals surface area contributed by atoms with Crippen LogP contribution in [0.2, 0.25) is 0 Å². The summed E-state index contributed by atoms with van der Waals surface area (Å²) in [5, 5.41) is 8.35. The highest BCUT2D eigenvalue weighted by molar-refractivity contribution is 7.98. The third kappa shape index (κ3) is 2.13. The fourth-order valence-electron chi connectivity index (χ4n) is 1.75. The lowest BCUT2D eigenvalue weighted by atomic mass is 10.0. The number of aliphatic carboxylic acids is 1. The minimum atomic E-state index is -3.73. The number of hydrogen-bond acceptors (Lipinski definition) is 5. The molecule has 0 spiro atoms. The van der Waals surface area contributed by atoms with Crippen LogP contribution in [-0.2, 0) is 24.9 Å². The fourth-order valence-corrected chi connectivity index (χ4v) is 4.71. The van der Waals surface area contributed by atoms with E-state index in [0.717, 1.165) is 12.2 Å². The molecule has 0 saturated heterocycles. The van der Waals surface area contributed by atoms with Crippen LogP contribution in [0.1, 0.15) is 12.8 Å². The van der Waals surface area contributed by atoms with E-state index in [-0.39, 0.29) is 4.91 Å². The Bertz CT molecular complexity index is 681. The zero-order valence-electron chi connectivity index (χ0n) is 9.11. The van der Waals surface area contributed by atoms with Gasteiger partial charge in [-0.15, -0.1) is 0 Å². The summed E-state index contributed by atoms with van der Waals surface area (Å²) in [5.74, 6) is -2.82. The van der Waals surface area contributed by atoms with Gasteiger partial charge in [-0.2, -0.15) is 8.42 Å². The predicted molar refractivity (Wildman–Crippen MR) is 64.2 cm³/mol. The van der Waals surface area contributed by atoms with Crippen molar-refractivity contribution in [2.45, 2.75) is 18.1 Å². The number of carbonyl (C=O) groups is 1. The van der Waals surface area contributed by atoms with E-state index in [0.29, 0.717) is 12.8 Å². The van der Waals surface area contributed by atoms with Crippen molar-refractivity contribution in [1.82, 2.24) is 0 Å². The molecule has 2 rings (SSSR count). The van der Waals surface area contributed by atoms with Gasteiger partial charge in [-0.1, -0.05) is 12.2 Å². The van der Waals surface area contributed by atoms with Crippen LogP contribution < -0.4 is 0 Å². The molecule has 0 aliphatic heterocycles. The second-order valence-electron chi connectivity index (χ2n) is 4.08. The first-order valence-corrected chi connectivity index (χ1v) is 7.79. The van der Waals surface area contributed by atoms with Gasteiger partial charge in [0.15, 0.2) is 9.84 Å². The number of carboxylic acids is 1. The van der Waals surface area contributed by atoms with Crippen molar-refractivity contribution in [3.63, 3.8) is 0 Å². The van der Waals surface area contributed by atoms with Crippen molar-refractivity contribution in [3.8, 4) is 0 Å². The lowest BCUT2D eigenvalue weighted by Crippen LogP contribution is -2.30. The first kappa shape index (κ1) is 13.0. The van der Waals surface area contributed by atoms with Crippen LogP contribution in [0, 0.1) is 5.92 Å². The van der Waals surface area contributed by atoms with Gasteiger partial charge in [-0.3, -0.25) is 4.79 Å². The lowest BCUT2D eigenvalue weighted by molar-refractivity contribution is -0.137. The molecule has 0 radical (unpaired) electrons. The van der Waals surface area contributed by atoms with Crippen LogP contribution in [0.25, 0.3) is 0 Å². The SMILES string of the molecule is O=C(O)C1C=CC=C(S(=O)(=O)C2CC2)C1=S(=O)=O. The van der Waals surface area contributed by atoms with Gasteiger partial charge in [-0.25, -0.2) is 8.42 Å². The number of rotatable bonds is 3. The van der Waals surface area contributed by atoms with E-state index in [4.69, 9.17) is 5.11 Å². The average Bonchev–Trinajstić information content (AvgIpc) is 3.11. The van der Waals surface area contributed by atoms with Crippen molar-refractivity contribution < 1.29 is 26.7 Å². The Hall–Kier alpha value is -1.41.